The van der Waals surface area contributed by atoms with E-state index in [0.29, 0.717) is 17.8 Å². The molecule has 6 nitrogen and oxygen atoms in total. The van der Waals surface area contributed by atoms with Gasteiger partial charge in [-0.25, -0.2) is 0 Å². The zero-order chi connectivity index (χ0) is 15.3. The Labute approximate surface area is 124 Å². The number of amidine groups is 1. The van der Waals surface area contributed by atoms with E-state index in [1.807, 2.05) is 0 Å². The molecule has 1 saturated carbocycles. The number of nitrogens with zero attached hydrogens (tertiary/aromatic N) is 2. The zero-order valence-electron chi connectivity index (χ0n) is 12.3. The number of hydrogen-bond donors (Lipinski definition) is 3. The SMILES string of the molecule is CC1(CNC(=O)c2ccc(/C(N)=N/O)cn2)CCCCC1. The summed E-state index contributed by atoms with van der Waals surface area (Å²) < 4.78 is 0. The second kappa shape index (κ2) is 6.56. The standard InChI is InChI=1S/C15H22N4O2/c1-15(7-3-2-4-8-15)10-18-14(20)12-6-5-11(9-17-12)13(16)19-21/h5-6,9,21H,2-4,7-8,10H2,1H3,(H2,16,19)(H,18,20). The molecule has 0 spiro atoms. The zero-order valence-corrected chi connectivity index (χ0v) is 12.3. The predicted molar refractivity (Wildman–Crippen MR) is 80.3 cm³/mol. The predicted octanol–water partition coefficient (Wildman–Crippen LogP) is 1.88. The van der Waals surface area contributed by atoms with Crippen molar-refractivity contribution >= 4 is 11.7 Å². The van der Waals surface area contributed by atoms with E-state index >= 15 is 0 Å². The summed E-state index contributed by atoms with van der Waals surface area (Å²) in [7, 11) is 0. The van der Waals surface area contributed by atoms with Crippen molar-refractivity contribution in [2.45, 2.75) is 39.0 Å². The first-order valence-corrected chi connectivity index (χ1v) is 7.26. The van der Waals surface area contributed by atoms with Gasteiger partial charge < -0.3 is 16.3 Å². The van der Waals surface area contributed by atoms with E-state index in [2.05, 4.69) is 22.4 Å². The Kier molecular flexibility index (Phi) is 4.77. The van der Waals surface area contributed by atoms with Gasteiger partial charge in [0.2, 0.25) is 0 Å². The van der Waals surface area contributed by atoms with Gasteiger partial charge in [-0.05, 0) is 30.4 Å². The number of hydrogen-bond acceptors (Lipinski definition) is 4. The van der Waals surface area contributed by atoms with Gasteiger partial charge in [-0.2, -0.15) is 0 Å². The number of carbonyl (C=O) groups excluding carboxylic acids is 1. The summed E-state index contributed by atoms with van der Waals surface area (Å²) in [5.74, 6) is -0.211. The van der Waals surface area contributed by atoms with Crippen LogP contribution >= 0.6 is 0 Å². The second-order valence-electron chi connectivity index (χ2n) is 5.97. The van der Waals surface area contributed by atoms with E-state index in [1.54, 1.807) is 12.1 Å². The summed E-state index contributed by atoms with van der Waals surface area (Å²) in [6.45, 7) is 2.90. The summed E-state index contributed by atoms with van der Waals surface area (Å²) in [4.78, 5) is 16.1. The molecular formula is C15H22N4O2. The molecule has 1 aromatic rings. The molecule has 0 bridgehead atoms. The van der Waals surface area contributed by atoms with Crippen molar-refractivity contribution < 1.29 is 10.0 Å². The fourth-order valence-corrected chi connectivity index (χ4v) is 2.70. The van der Waals surface area contributed by atoms with Gasteiger partial charge in [0, 0.05) is 18.3 Å². The van der Waals surface area contributed by atoms with Crippen LogP contribution in [0.1, 0.15) is 55.1 Å². The van der Waals surface area contributed by atoms with Crippen molar-refractivity contribution in [3.63, 3.8) is 0 Å². The topological polar surface area (TPSA) is 101 Å². The summed E-state index contributed by atoms with van der Waals surface area (Å²) in [5, 5.41) is 14.4. The van der Waals surface area contributed by atoms with Gasteiger partial charge in [-0.1, -0.05) is 31.3 Å². The molecule has 114 valence electrons. The molecule has 1 amide bonds. The van der Waals surface area contributed by atoms with E-state index in [4.69, 9.17) is 10.9 Å². The Morgan fingerprint density at radius 3 is 2.71 bits per heavy atom. The van der Waals surface area contributed by atoms with E-state index < -0.39 is 0 Å². The third-order valence-corrected chi connectivity index (χ3v) is 4.14. The van der Waals surface area contributed by atoms with Crippen LogP contribution in [0.5, 0.6) is 0 Å². The average molecular weight is 290 g/mol. The molecule has 1 aromatic heterocycles. The number of amides is 1. The molecule has 4 N–H and O–H groups in total. The van der Waals surface area contributed by atoms with Crippen LogP contribution in [0.2, 0.25) is 0 Å². The quantitative estimate of drug-likeness (QED) is 0.341. The van der Waals surface area contributed by atoms with Crippen molar-refractivity contribution in [1.29, 1.82) is 0 Å². The van der Waals surface area contributed by atoms with Crippen LogP contribution in [0, 0.1) is 5.41 Å². The minimum absolute atomic E-state index is 0.0239. The Morgan fingerprint density at radius 2 is 2.14 bits per heavy atom. The monoisotopic (exact) mass is 290 g/mol. The van der Waals surface area contributed by atoms with Crippen molar-refractivity contribution in [2.24, 2.45) is 16.3 Å². The first-order chi connectivity index (χ1) is 10.0. The van der Waals surface area contributed by atoms with Crippen LogP contribution in [0.4, 0.5) is 0 Å². The molecule has 0 radical (unpaired) electrons. The van der Waals surface area contributed by atoms with Gasteiger partial charge >= 0.3 is 0 Å². The van der Waals surface area contributed by atoms with Crippen molar-refractivity contribution in [1.82, 2.24) is 10.3 Å². The molecule has 1 fully saturated rings. The molecule has 0 aromatic carbocycles. The Balaban J connectivity index is 1.94. The number of nitrogens with one attached hydrogen (secondary N) is 1. The van der Waals surface area contributed by atoms with Crippen LogP contribution in [-0.4, -0.2) is 28.5 Å². The molecule has 2 rings (SSSR count). The van der Waals surface area contributed by atoms with Gasteiger partial charge in [-0.15, -0.1) is 0 Å². The highest BCUT2D eigenvalue weighted by Gasteiger charge is 2.27. The van der Waals surface area contributed by atoms with E-state index in [-0.39, 0.29) is 17.2 Å². The van der Waals surface area contributed by atoms with Gasteiger partial charge in [0.25, 0.3) is 5.91 Å². The minimum atomic E-state index is -0.187. The van der Waals surface area contributed by atoms with E-state index in [0.717, 1.165) is 12.8 Å². The van der Waals surface area contributed by atoms with Crippen LogP contribution in [0.15, 0.2) is 23.5 Å². The second-order valence-corrected chi connectivity index (χ2v) is 5.97. The van der Waals surface area contributed by atoms with E-state index in [1.165, 1.54) is 25.5 Å². The largest absolute Gasteiger partial charge is 0.409 e. The lowest BCUT2D eigenvalue weighted by atomic mass is 9.76. The Bertz CT molecular complexity index is 519. The number of rotatable bonds is 4. The minimum Gasteiger partial charge on any atom is -0.409 e. The highest BCUT2D eigenvalue weighted by atomic mass is 16.4. The molecule has 0 aliphatic heterocycles. The molecule has 1 aliphatic carbocycles. The van der Waals surface area contributed by atoms with Crippen LogP contribution in [0.3, 0.4) is 0 Å². The normalized spacial score (nSPS) is 18.2. The Hall–Kier alpha value is -2.11. The van der Waals surface area contributed by atoms with Gasteiger partial charge in [0.15, 0.2) is 5.84 Å². The number of carbonyl (C=O) groups is 1. The molecule has 21 heavy (non-hydrogen) atoms. The van der Waals surface area contributed by atoms with Crippen LogP contribution in [-0.2, 0) is 0 Å². The highest BCUT2D eigenvalue weighted by molar-refractivity contribution is 5.98. The molecule has 1 aliphatic rings. The summed E-state index contributed by atoms with van der Waals surface area (Å²) in [6.07, 6.45) is 7.50. The first kappa shape index (κ1) is 15.3. The fraction of sp³-hybridized carbons (Fsp3) is 0.533. The van der Waals surface area contributed by atoms with Crippen molar-refractivity contribution in [3.05, 3.63) is 29.6 Å². The third kappa shape index (κ3) is 3.93. The van der Waals surface area contributed by atoms with E-state index in [9.17, 15) is 4.79 Å². The Morgan fingerprint density at radius 1 is 1.43 bits per heavy atom. The lowest BCUT2D eigenvalue weighted by molar-refractivity contribution is 0.0914. The number of nitrogens with two attached hydrogens (primary N) is 1. The lowest BCUT2D eigenvalue weighted by Gasteiger charge is -2.33. The molecule has 6 heteroatoms. The molecule has 0 atom stereocenters. The summed E-state index contributed by atoms with van der Waals surface area (Å²) in [6, 6.07) is 3.19. The third-order valence-electron chi connectivity index (χ3n) is 4.14. The lowest BCUT2D eigenvalue weighted by Crippen LogP contribution is -2.37. The first-order valence-electron chi connectivity index (χ1n) is 7.26. The average Bonchev–Trinajstić information content (AvgIpc) is 2.53. The van der Waals surface area contributed by atoms with Crippen LogP contribution in [0.25, 0.3) is 0 Å². The fourth-order valence-electron chi connectivity index (χ4n) is 2.70. The van der Waals surface area contributed by atoms with Crippen molar-refractivity contribution in [2.75, 3.05) is 6.54 Å². The number of pyridine rings is 1. The van der Waals surface area contributed by atoms with Gasteiger partial charge in [0.05, 0.1) is 0 Å². The summed E-state index contributed by atoms with van der Waals surface area (Å²) >= 11 is 0. The smallest absolute Gasteiger partial charge is 0.269 e. The van der Waals surface area contributed by atoms with Gasteiger partial charge in [0.1, 0.15) is 5.69 Å². The molecule has 0 saturated heterocycles. The number of oxime groups is 1. The highest BCUT2D eigenvalue weighted by Crippen LogP contribution is 2.34. The maximum Gasteiger partial charge on any atom is 0.269 e. The molecular weight excluding hydrogens is 268 g/mol. The summed E-state index contributed by atoms with van der Waals surface area (Å²) in [5.41, 5.74) is 6.47. The van der Waals surface area contributed by atoms with Crippen molar-refractivity contribution in [3.8, 4) is 0 Å². The molecule has 1 heterocycles. The maximum absolute atomic E-state index is 12.1. The molecule has 0 unspecified atom stereocenters. The number of aromatic nitrogens is 1. The maximum atomic E-state index is 12.1. The van der Waals surface area contributed by atoms with Gasteiger partial charge in [-0.3, -0.25) is 9.78 Å². The van der Waals surface area contributed by atoms with Crippen LogP contribution < -0.4 is 11.1 Å².